The van der Waals surface area contributed by atoms with E-state index in [0.717, 1.165) is 18.4 Å². The summed E-state index contributed by atoms with van der Waals surface area (Å²) >= 11 is 0. The average Bonchev–Trinajstić information content (AvgIpc) is 3.17. The molecule has 1 aromatic heterocycles. The minimum Gasteiger partial charge on any atom is -0.330 e. The van der Waals surface area contributed by atoms with Gasteiger partial charge in [-0.3, -0.25) is 9.59 Å². The lowest BCUT2D eigenvalue weighted by atomic mass is 10.0. The Kier molecular flexibility index (Phi) is 4.71. The van der Waals surface area contributed by atoms with E-state index in [-0.39, 0.29) is 35.1 Å². The zero-order valence-electron chi connectivity index (χ0n) is 15.9. The van der Waals surface area contributed by atoms with Gasteiger partial charge in [0, 0.05) is 11.9 Å². The van der Waals surface area contributed by atoms with Crippen molar-refractivity contribution in [2.75, 3.05) is 6.54 Å². The van der Waals surface area contributed by atoms with E-state index in [1.807, 2.05) is 19.9 Å². The Labute approximate surface area is 162 Å². The molecule has 1 unspecified atom stereocenters. The summed E-state index contributed by atoms with van der Waals surface area (Å²) in [5.41, 5.74) is 0.852. The lowest BCUT2D eigenvalue weighted by molar-refractivity contribution is 0.0728. The van der Waals surface area contributed by atoms with Crippen LogP contribution in [0.25, 0.3) is 10.8 Å². The van der Waals surface area contributed by atoms with E-state index in [0.29, 0.717) is 17.3 Å². The molecule has 0 N–H and O–H groups in total. The molecule has 1 amide bonds. The maximum Gasteiger partial charge on any atom is 0.275 e. The molecule has 1 atom stereocenters. The number of carbonyl (C=O) groups is 1. The van der Waals surface area contributed by atoms with E-state index in [1.54, 1.807) is 35.2 Å². The number of rotatable bonds is 3. The van der Waals surface area contributed by atoms with Crippen molar-refractivity contribution in [1.82, 2.24) is 14.7 Å². The van der Waals surface area contributed by atoms with Gasteiger partial charge in [-0.2, -0.15) is 5.10 Å². The van der Waals surface area contributed by atoms with Crippen LogP contribution in [0.15, 0.2) is 53.3 Å². The van der Waals surface area contributed by atoms with Crippen molar-refractivity contribution < 1.29 is 9.18 Å². The molecule has 5 nitrogen and oxygen atoms in total. The van der Waals surface area contributed by atoms with Gasteiger partial charge in [-0.25, -0.2) is 9.07 Å². The first-order chi connectivity index (χ1) is 13.5. The maximum absolute atomic E-state index is 13.7. The predicted octanol–water partition coefficient (Wildman–Crippen LogP) is 4.09. The van der Waals surface area contributed by atoms with Gasteiger partial charge in [-0.1, -0.05) is 30.3 Å². The van der Waals surface area contributed by atoms with Crippen molar-refractivity contribution in [3.05, 3.63) is 76.0 Å². The highest BCUT2D eigenvalue weighted by Gasteiger charge is 2.33. The predicted molar refractivity (Wildman–Crippen MR) is 106 cm³/mol. The van der Waals surface area contributed by atoms with Gasteiger partial charge in [0.1, 0.15) is 5.82 Å². The van der Waals surface area contributed by atoms with Gasteiger partial charge in [0.15, 0.2) is 5.69 Å². The number of fused-ring (bicyclic) bond motifs is 1. The van der Waals surface area contributed by atoms with Gasteiger partial charge in [0.05, 0.1) is 17.5 Å². The van der Waals surface area contributed by atoms with Gasteiger partial charge in [-0.05, 0) is 50.5 Å². The molecule has 144 valence electrons. The largest absolute Gasteiger partial charge is 0.330 e. The third-order valence-corrected chi connectivity index (χ3v) is 5.27. The SMILES string of the molecule is CC(C)n1nc(C(=O)N2CCCC2c2cccc(F)c2)c2ccccc2c1=O. The number of nitrogens with zero attached hydrogens (tertiary/aromatic N) is 3. The number of amides is 1. The Morgan fingerprint density at radius 3 is 2.61 bits per heavy atom. The minimum absolute atomic E-state index is 0.166. The van der Waals surface area contributed by atoms with Gasteiger partial charge in [0.2, 0.25) is 0 Å². The molecule has 0 radical (unpaired) electrons. The standard InChI is InChI=1S/C22H22FN3O2/c1-14(2)26-21(27)18-10-4-3-9-17(18)20(24-26)22(28)25-12-6-11-19(25)15-7-5-8-16(23)13-15/h3-5,7-10,13-14,19H,6,11-12H2,1-2H3. The molecule has 1 aliphatic rings. The van der Waals surface area contributed by atoms with Crippen molar-refractivity contribution in [2.45, 2.75) is 38.8 Å². The van der Waals surface area contributed by atoms with Gasteiger partial charge in [-0.15, -0.1) is 0 Å². The van der Waals surface area contributed by atoms with Crippen LogP contribution in [-0.2, 0) is 0 Å². The summed E-state index contributed by atoms with van der Waals surface area (Å²) < 4.78 is 15.1. The highest BCUT2D eigenvalue weighted by atomic mass is 19.1. The highest BCUT2D eigenvalue weighted by molar-refractivity contribution is 6.05. The van der Waals surface area contributed by atoms with Crippen molar-refractivity contribution in [2.24, 2.45) is 0 Å². The summed E-state index contributed by atoms with van der Waals surface area (Å²) in [5.74, 6) is -0.536. The van der Waals surface area contributed by atoms with Crippen LogP contribution >= 0.6 is 0 Å². The molecule has 3 aromatic rings. The third-order valence-electron chi connectivity index (χ3n) is 5.27. The highest BCUT2D eigenvalue weighted by Crippen LogP contribution is 2.34. The van der Waals surface area contributed by atoms with Gasteiger partial charge in [0.25, 0.3) is 11.5 Å². The minimum atomic E-state index is -0.311. The smallest absolute Gasteiger partial charge is 0.275 e. The maximum atomic E-state index is 13.7. The van der Waals surface area contributed by atoms with Crippen LogP contribution in [0.4, 0.5) is 4.39 Å². The first-order valence-electron chi connectivity index (χ1n) is 9.55. The fraction of sp³-hybridized carbons (Fsp3) is 0.318. The number of aromatic nitrogens is 2. The monoisotopic (exact) mass is 379 g/mol. The van der Waals surface area contributed by atoms with Crippen LogP contribution in [0, 0.1) is 5.82 Å². The molecule has 6 heteroatoms. The topological polar surface area (TPSA) is 55.2 Å². The third kappa shape index (κ3) is 3.09. The number of hydrogen-bond donors (Lipinski definition) is 0. The van der Waals surface area contributed by atoms with Gasteiger partial charge < -0.3 is 4.90 Å². The van der Waals surface area contributed by atoms with Gasteiger partial charge >= 0.3 is 0 Å². The number of benzene rings is 2. The summed E-state index contributed by atoms with van der Waals surface area (Å²) in [6.07, 6.45) is 1.62. The molecule has 0 bridgehead atoms. The van der Waals surface area contributed by atoms with E-state index in [2.05, 4.69) is 5.10 Å². The van der Waals surface area contributed by atoms with Crippen LogP contribution in [0.1, 0.15) is 54.8 Å². The second-order valence-corrected chi connectivity index (χ2v) is 7.45. The second kappa shape index (κ2) is 7.19. The first-order valence-corrected chi connectivity index (χ1v) is 9.55. The number of hydrogen-bond acceptors (Lipinski definition) is 3. The second-order valence-electron chi connectivity index (χ2n) is 7.45. The van der Waals surface area contributed by atoms with Crippen molar-refractivity contribution in [1.29, 1.82) is 0 Å². The molecule has 4 rings (SSSR count). The molecule has 1 fully saturated rings. The molecule has 28 heavy (non-hydrogen) atoms. The molecule has 1 saturated heterocycles. The molecule has 0 saturated carbocycles. The quantitative estimate of drug-likeness (QED) is 0.689. The van der Waals surface area contributed by atoms with Crippen molar-refractivity contribution >= 4 is 16.7 Å². The zero-order chi connectivity index (χ0) is 19.8. The molecule has 1 aliphatic heterocycles. The molecule has 2 aromatic carbocycles. The van der Waals surface area contributed by atoms with Crippen LogP contribution in [0.2, 0.25) is 0 Å². The molecular weight excluding hydrogens is 357 g/mol. The van der Waals surface area contributed by atoms with Crippen LogP contribution in [0.3, 0.4) is 0 Å². The number of carbonyl (C=O) groups excluding carboxylic acids is 1. The summed E-state index contributed by atoms with van der Waals surface area (Å²) in [6.45, 7) is 4.31. The summed E-state index contributed by atoms with van der Waals surface area (Å²) in [6, 6.07) is 13.1. The van der Waals surface area contributed by atoms with E-state index in [1.165, 1.54) is 16.8 Å². The molecule has 0 aliphatic carbocycles. The fourth-order valence-electron chi connectivity index (χ4n) is 3.92. The number of halogens is 1. The normalized spacial score (nSPS) is 16.9. The first kappa shape index (κ1) is 18.3. The van der Waals surface area contributed by atoms with E-state index >= 15 is 0 Å². The summed E-state index contributed by atoms with van der Waals surface area (Å²) in [4.78, 5) is 27.9. The molecule has 2 heterocycles. The van der Waals surface area contributed by atoms with Crippen LogP contribution < -0.4 is 5.56 Å². The Morgan fingerprint density at radius 2 is 1.89 bits per heavy atom. The Hall–Kier alpha value is -3.02. The van der Waals surface area contributed by atoms with Crippen molar-refractivity contribution in [3.8, 4) is 0 Å². The van der Waals surface area contributed by atoms with E-state index in [4.69, 9.17) is 0 Å². The van der Waals surface area contributed by atoms with Crippen LogP contribution in [0.5, 0.6) is 0 Å². The van der Waals surface area contributed by atoms with E-state index < -0.39 is 0 Å². The Balaban J connectivity index is 1.82. The lowest BCUT2D eigenvalue weighted by Crippen LogP contribution is -2.34. The molecular formula is C22H22FN3O2. The summed E-state index contributed by atoms with van der Waals surface area (Å²) in [7, 11) is 0. The lowest BCUT2D eigenvalue weighted by Gasteiger charge is -2.25. The van der Waals surface area contributed by atoms with Crippen LogP contribution in [-0.4, -0.2) is 27.1 Å². The number of likely N-dealkylation sites (tertiary alicyclic amines) is 1. The average molecular weight is 379 g/mol. The van der Waals surface area contributed by atoms with Crippen molar-refractivity contribution in [3.63, 3.8) is 0 Å². The van der Waals surface area contributed by atoms with E-state index in [9.17, 15) is 14.0 Å². The zero-order valence-corrected chi connectivity index (χ0v) is 15.9. The summed E-state index contributed by atoms with van der Waals surface area (Å²) in [5, 5.41) is 5.47. The molecule has 0 spiro atoms. The Bertz CT molecular complexity index is 1110. The fourth-order valence-corrected chi connectivity index (χ4v) is 3.92. The Morgan fingerprint density at radius 1 is 1.14 bits per heavy atom.